The van der Waals surface area contributed by atoms with Crippen molar-refractivity contribution in [2.45, 2.75) is 26.5 Å². The summed E-state index contributed by atoms with van der Waals surface area (Å²) in [5.41, 5.74) is 1.91. The van der Waals surface area contributed by atoms with Gasteiger partial charge in [-0.3, -0.25) is 9.59 Å². The fourth-order valence-electron chi connectivity index (χ4n) is 3.19. The van der Waals surface area contributed by atoms with Gasteiger partial charge in [-0.05, 0) is 31.5 Å². The Morgan fingerprint density at radius 3 is 2.96 bits per heavy atom. The number of nitrogens with one attached hydrogen (secondary N) is 1. The summed E-state index contributed by atoms with van der Waals surface area (Å²) in [6, 6.07) is 11.2. The number of hydrogen-bond acceptors (Lipinski definition) is 5. The predicted molar refractivity (Wildman–Crippen MR) is 97.5 cm³/mol. The van der Waals surface area contributed by atoms with Crippen LogP contribution in [-0.2, 0) is 19.6 Å². The number of aromatic nitrogens is 2. The third-order valence-electron chi connectivity index (χ3n) is 4.59. The standard InChI is InChI=1S/C20H19N3O4/c1-13-9-15(11-26-14-5-3-2-4-6-14)27-18(13)20(25)23-8-7-16-17(10-23)21-12-22-19(16)24/h2-6,9,12H,7-8,10-11H2,1H3,(H,21,22,24). The van der Waals surface area contributed by atoms with E-state index in [-0.39, 0.29) is 18.1 Å². The molecule has 0 atom stereocenters. The van der Waals surface area contributed by atoms with Gasteiger partial charge >= 0.3 is 0 Å². The molecule has 1 aromatic carbocycles. The molecule has 0 saturated heterocycles. The van der Waals surface area contributed by atoms with Crippen LogP contribution in [0.4, 0.5) is 0 Å². The van der Waals surface area contributed by atoms with Crippen molar-refractivity contribution in [3.63, 3.8) is 0 Å². The molecular formula is C20H19N3O4. The van der Waals surface area contributed by atoms with Crippen LogP contribution in [0.3, 0.4) is 0 Å². The molecule has 27 heavy (non-hydrogen) atoms. The number of nitrogens with zero attached hydrogens (tertiary/aromatic N) is 2. The molecule has 0 radical (unpaired) electrons. The number of ether oxygens (including phenoxy) is 1. The molecule has 1 N–H and O–H groups in total. The molecule has 3 heterocycles. The van der Waals surface area contributed by atoms with Crippen LogP contribution in [0.2, 0.25) is 0 Å². The van der Waals surface area contributed by atoms with Crippen LogP contribution in [0.5, 0.6) is 5.75 Å². The van der Waals surface area contributed by atoms with Gasteiger partial charge in [0.2, 0.25) is 0 Å². The summed E-state index contributed by atoms with van der Waals surface area (Å²) in [5, 5.41) is 0. The van der Waals surface area contributed by atoms with Crippen molar-refractivity contribution in [3.05, 3.63) is 81.4 Å². The van der Waals surface area contributed by atoms with Crippen molar-refractivity contribution in [2.24, 2.45) is 0 Å². The Morgan fingerprint density at radius 1 is 1.33 bits per heavy atom. The van der Waals surface area contributed by atoms with Crippen LogP contribution in [-0.4, -0.2) is 27.3 Å². The zero-order valence-corrected chi connectivity index (χ0v) is 14.9. The predicted octanol–water partition coefficient (Wildman–Crippen LogP) is 2.45. The first kappa shape index (κ1) is 17.1. The molecule has 0 bridgehead atoms. The highest BCUT2D eigenvalue weighted by Crippen LogP contribution is 2.22. The van der Waals surface area contributed by atoms with E-state index in [0.717, 1.165) is 11.3 Å². The Kier molecular flexibility index (Phi) is 4.50. The second kappa shape index (κ2) is 7.11. The van der Waals surface area contributed by atoms with Crippen molar-refractivity contribution in [2.75, 3.05) is 6.54 Å². The largest absolute Gasteiger partial charge is 0.486 e. The fourth-order valence-corrected chi connectivity index (χ4v) is 3.19. The zero-order chi connectivity index (χ0) is 18.8. The average Bonchev–Trinajstić information content (AvgIpc) is 3.07. The van der Waals surface area contributed by atoms with E-state index in [2.05, 4.69) is 9.97 Å². The van der Waals surface area contributed by atoms with E-state index in [1.807, 2.05) is 43.3 Å². The Balaban J connectivity index is 1.48. The van der Waals surface area contributed by atoms with Crippen LogP contribution < -0.4 is 10.3 Å². The van der Waals surface area contributed by atoms with Crippen molar-refractivity contribution >= 4 is 5.91 Å². The van der Waals surface area contributed by atoms with Crippen LogP contribution in [0.15, 0.2) is 51.9 Å². The lowest BCUT2D eigenvalue weighted by atomic mass is 10.1. The van der Waals surface area contributed by atoms with Crippen LogP contribution in [0, 0.1) is 6.92 Å². The number of para-hydroxylation sites is 1. The molecule has 1 amide bonds. The van der Waals surface area contributed by atoms with Crippen LogP contribution >= 0.6 is 0 Å². The molecule has 0 spiro atoms. The monoisotopic (exact) mass is 365 g/mol. The van der Waals surface area contributed by atoms with E-state index < -0.39 is 0 Å². The Hall–Kier alpha value is -3.35. The van der Waals surface area contributed by atoms with Crippen molar-refractivity contribution in [3.8, 4) is 5.75 Å². The SMILES string of the molecule is Cc1cc(COc2ccccc2)oc1C(=O)N1CCc2c(nc[nH]c2=O)C1. The van der Waals surface area contributed by atoms with Gasteiger partial charge in [0.1, 0.15) is 18.1 Å². The maximum atomic E-state index is 12.9. The average molecular weight is 365 g/mol. The molecule has 7 nitrogen and oxygen atoms in total. The van der Waals surface area contributed by atoms with Gasteiger partial charge in [-0.15, -0.1) is 0 Å². The number of fused-ring (bicyclic) bond motifs is 1. The molecule has 1 aliphatic rings. The van der Waals surface area contributed by atoms with E-state index in [4.69, 9.17) is 9.15 Å². The van der Waals surface area contributed by atoms with Crippen molar-refractivity contribution < 1.29 is 13.9 Å². The second-order valence-electron chi connectivity index (χ2n) is 6.46. The van der Waals surface area contributed by atoms with Gasteiger partial charge in [-0.25, -0.2) is 4.98 Å². The van der Waals surface area contributed by atoms with Gasteiger partial charge in [0, 0.05) is 17.7 Å². The number of aryl methyl sites for hydroxylation is 1. The molecule has 0 fully saturated rings. The minimum Gasteiger partial charge on any atom is -0.486 e. The summed E-state index contributed by atoms with van der Waals surface area (Å²) in [6.45, 7) is 2.84. The first-order valence-corrected chi connectivity index (χ1v) is 8.73. The van der Waals surface area contributed by atoms with E-state index >= 15 is 0 Å². The smallest absolute Gasteiger partial charge is 0.290 e. The first-order valence-electron chi connectivity index (χ1n) is 8.73. The summed E-state index contributed by atoms with van der Waals surface area (Å²) in [6.07, 6.45) is 1.85. The minimum absolute atomic E-state index is 0.137. The molecule has 138 valence electrons. The van der Waals surface area contributed by atoms with Gasteiger partial charge in [0.05, 0.1) is 18.6 Å². The van der Waals surface area contributed by atoms with Gasteiger partial charge in [0.15, 0.2) is 5.76 Å². The van der Waals surface area contributed by atoms with Gasteiger partial charge in [0.25, 0.3) is 11.5 Å². The van der Waals surface area contributed by atoms with Crippen LogP contribution in [0.1, 0.15) is 33.1 Å². The summed E-state index contributed by atoms with van der Waals surface area (Å²) >= 11 is 0. The molecule has 7 heteroatoms. The molecule has 0 aliphatic carbocycles. The summed E-state index contributed by atoms with van der Waals surface area (Å²) in [4.78, 5) is 33.1. The minimum atomic E-state index is -0.203. The number of amides is 1. The van der Waals surface area contributed by atoms with Gasteiger partial charge < -0.3 is 19.0 Å². The maximum Gasteiger partial charge on any atom is 0.290 e. The lowest BCUT2D eigenvalue weighted by Crippen LogP contribution is -2.39. The van der Waals surface area contributed by atoms with E-state index in [1.165, 1.54) is 6.33 Å². The van der Waals surface area contributed by atoms with E-state index in [0.29, 0.717) is 42.3 Å². The Bertz CT molecular complexity index is 1020. The van der Waals surface area contributed by atoms with Crippen LogP contribution in [0.25, 0.3) is 0 Å². The highest BCUT2D eigenvalue weighted by molar-refractivity contribution is 5.93. The molecule has 3 aromatic rings. The number of H-pyrrole nitrogens is 1. The topological polar surface area (TPSA) is 88.4 Å². The quantitative estimate of drug-likeness (QED) is 0.767. The Labute approximate surface area is 155 Å². The molecule has 0 unspecified atom stereocenters. The van der Waals surface area contributed by atoms with Gasteiger partial charge in [-0.1, -0.05) is 18.2 Å². The lowest BCUT2D eigenvalue weighted by molar-refractivity contribution is 0.0693. The summed E-state index contributed by atoms with van der Waals surface area (Å²) < 4.78 is 11.4. The molecular weight excluding hydrogens is 346 g/mol. The highest BCUT2D eigenvalue weighted by atomic mass is 16.5. The molecule has 2 aromatic heterocycles. The maximum absolute atomic E-state index is 12.9. The fraction of sp³-hybridized carbons (Fsp3) is 0.250. The molecule has 4 rings (SSSR count). The number of hydrogen-bond donors (Lipinski definition) is 1. The first-order chi connectivity index (χ1) is 13.1. The third kappa shape index (κ3) is 3.48. The Morgan fingerprint density at radius 2 is 2.15 bits per heavy atom. The van der Waals surface area contributed by atoms with E-state index in [1.54, 1.807) is 4.90 Å². The molecule has 0 saturated carbocycles. The highest BCUT2D eigenvalue weighted by Gasteiger charge is 2.27. The zero-order valence-electron chi connectivity index (χ0n) is 14.9. The number of carbonyl (C=O) groups is 1. The lowest BCUT2D eigenvalue weighted by Gasteiger charge is -2.26. The van der Waals surface area contributed by atoms with Crippen molar-refractivity contribution in [1.82, 2.24) is 14.9 Å². The number of carbonyl (C=O) groups excluding carboxylic acids is 1. The number of furan rings is 1. The van der Waals surface area contributed by atoms with Gasteiger partial charge in [-0.2, -0.15) is 0 Å². The summed E-state index contributed by atoms with van der Waals surface area (Å²) in [5.74, 6) is 1.43. The number of benzene rings is 1. The third-order valence-corrected chi connectivity index (χ3v) is 4.59. The van der Waals surface area contributed by atoms with E-state index in [9.17, 15) is 9.59 Å². The molecule has 1 aliphatic heterocycles. The second-order valence-corrected chi connectivity index (χ2v) is 6.46. The van der Waals surface area contributed by atoms with Crippen molar-refractivity contribution in [1.29, 1.82) is 0 Å². The normalized spacial score (nSPS) is 13.3. The summed E-state index contributed by atoms with van der Waals surface area (Å²) in [7, 11) is 0. The number of rotatable bonds is 4. The number of aromatic amines is 1.